The summed E-state index contributed by atoms with van der Waals surface area (Å²) in [6, 6.07) is 8.42. The van der Waals surface area contributed by atoms with Crippen LogP contribution < -0.4 is 5.56 Å². The van der Waals surface area contributed by atoms with Crippen LogP contribution in [0.25, 0.3) is 22.3 Å². The van der Waals surface area contributed by atoms with Crippen molar-refractivity contribution in [2.75, 3.05) is 0 Å². The summed E-state index contributed by atoms with van der Waals surface area (Å²) in [6.07, 6.45) is 1.15. The highest BCUT2D eigenvalue weighted by atomic mass is 19.2. The van der Waals surface area contributed by atoms with Crippen molar-refractivity contribution >= 4 is 23.1 Å². The van der Waals surface area contributed by atoms with Crippen LogP contribution in [0.1, 0.15) is 41.2 Å². The number of hydrogen-bond acceptors (Lipinski definition) is 7. The van der Waals surface area contributed by atoms with E-state index in [9.17, 15) is 36.6 Å². The van der Waals surface area contributed by atoms with Gasteiger partial charge in [-0.15, -0.1) is 0 Å². The lowest BCUT2D eigenvalue weighted by atomic mass is 9.86. The predicted octanol–water partition coefficient (Wildman–Crippen LogP) is 4.33. The first-order valence-electron chi connectivity index (χ1n) is 12.3. The molecular weight excluding hydrogens is 553 g/mol. The van der Waals surface area contributed by atoms with Gasteiger partial charge < -0.3 is 19.2 Å². The number of nitrogens with zero attached hydrogens (tertiary/aromatic N) is 3. The SMILES string of the molecule is CC[C@@]1(O)C(=O)OCc2c1cc1n(c2=O)Cc2cc3cccc(/C=N/OCc4c(F)c(F)c(F)c(F)c4F)c3nc2-1. The molecule has 2 aromatic carbocycles. The molecule has 2 aliphatic rings. The zero-order chi connectivity index (χ0) is 29.2. The molecule has 2 aliphatic heterocycles. The number of para-hydroxylation sites is 1. The van der Waals surface area contributed by atoms with Crippen LogP contribution in [0, 0.1) is 29.1 Å². The number of rotatable bonds is 5. The zero-order valence-electron chi connectivity index (χ0n) is 21.1. The smallest absolute Gasteiger partial charge is 0.343 e. The molecule has 0 amide bonds. The van der Waals surface area contributed by atoms with Crippen molar-refractivity contribution in [2.45, 2.75) is 38.7 Å². The predicted molar refractivity (Wildman–Crippen MR) is 133 cm³/mol. The molecule has 1 atom stereocenters. The number of cyclic esters (lactones) is 1. The molecule has 1 N–H and O–H groups in total. The van der Waals surface area contributed by atoms with Gasteiger partial charge in [0.05, 0.1) is 40.8 Å². The second-order valence-electron chi connectivity index (χ2n) is 9.57. The molecule has 2 aromatic heterocycles. The van der Waals surface area contributed by atoms with Gasteiger partial charge in [-0.1, -0.05) is 30.3 Å². The molecule has 210 valence electrons. The summed E-state index contributed by atoms with van der Waals surface area (Å²) in [4.78, 5) is 35.2. The van der Waals surface area contributed by atoms with Crippen LogP contribution in [-0.4, -0.2) is 26.8 Å². The second kappa shape index (κ2) is 9.47. The van der Waals surface area contributed by atoms with Crippen LogP contribution in [0.2, 0.25) is 0 Å². The van der Waals surface area contributed by atoms with E-state index in [-0.39, 0.29) is 30.7 Å². The number of oxime groups is 1. The van der Waals surface area contributed by atoms with E-state index in [1.807, 2.05) is 6.07 Å². The minimum Gasteiger partial charge on any atom is -0.458 e. The van der Waals surface area contributed by atoms with Gasteiger partial charge in [0.2, 0.25) is 5.82 Å². The number of esters is 1. The molecule has 0 radical (unpaired) electrons. The van der Waals surface area contributed by atoms with E-state index >= 15 is 0 Å². The highest BCUT2D eigenvalue weighted by molar-refractivity contribution is 5.98. The lowest BCUT2D eigenvalue weighted by Gasteiger charge is -2.31. The number of pyridine rings is 2. The number of carbonyl (C=O) groups is 1. The topological polar surface area (TPSA) is 103 Å². The maximum atomic E-state index is 13.9. The zero-order valence-corrected chi connectivity index (χ0v) is 21.1. The maximum absolute atomic E-state index is 13.9. The number of halogens is 5. The van der Waals surface area contributed by atoms with Gasteiger partial charge in [0, 0.05) is 22.1 Å². The maximum Gasteiger partial charge on any atom is 0.343 e. The third-order valence-electron chi connectivity index (χ3n) is 7.35. The molecule has 4 heterocycles. The molecule has 0 spiro atoms. The Morgan fingerprint density at radius 3 is 2.51 bits per heavy atom. The van der Waals surface area contributed by atoms with Crippen molar-refractivity contribution in [1.82, 2.24) is 9.55 Å². The monoisotopic (exact) mass is 571 g/mol. The molecule has 4 aromatic rings. The van der Waals surface area contributed by atoms with Gasteiger partial charge in [-0.05, 0) is 18.6 Å². The molecule has 0 saturated carbocycles. The van der Waals surface area contributed by atoms with Gasteiger partial charge >= 0.3 is 5.97 Å². The van der Waals surface area contributed by atoms with Crippen LogP contribution in [0.5, 0.6) is 0 Å². The Balaban J connectivity index is 1.37. The van der Waals surface area contributed by atoms with E-state index in [2.05, 4.69) is 5.16 Å². The first-order chi connectivity index (χ1) is 19.6. The molecule has 0 aliphatic carbocycles. The summed E-state index contributed by atoms with van der Waals surface area (Å²) in [5, 5.41) is 15.3. The Kier molecular flexibility index (Phi) is 6.14. The number of ether oxygens (including phenoxy) is 1. The number of benzene rings is 2. The third kappa shape index (κ3) is 3.90. The summed E-state index contributed by atoms with van der Waals surface area (Å²) in [5.41, 5.74) is -0.899. The second-order valence-corrected chi connectivity index (χ2v) is 9.57. The molecule has 0 fully saturated rings. The van der Waals surface area contributed by atoms with Gasteiger partial charge in [-0.3, -0.25) is 4.79 Å². The van der Waals surface area contributed by atoms with E-state index in [0.717, 1.165) is 6.21 Å². The molecule has 0 saturated heterocycles. The van der Waals surface area contributed by atoms with Crippen LogP contribution in [0.4, 0.5) is 22.0 Å². The summed E-state index contributed by atoms with van der Waals surface area (Å²) < 4.78 is 74.5. The van der Waals surface area contributed by atoms with E-state index < -0.39 is 58.4 Å². The van der Waals surface area contributed by atoms with E-state index in [1.165, 1.54) is 4.57 Å². The summed E-state index contributed by atoms with van der Waals surface area (Å²) in [7, 11) is 0. The Morgan fingerprint density at radius 2 is 1.80 bits per heavy atom. The molecule has 0 bridgehead atoms. The van der Waals surface area contributed by atoms with Crippen molar-refractivity contribution < 1.29 is 41.4 Å². The van der Waals surface area contributed by atoms with Gasteiger partial charge in [-0.25, -0.2) is 31.7 Å². The number of hydrogen-bond donors (Lipinski definition) is 1. The molecule has 8 nitrogen and oxygen atoms in total. The highest BCUT2D eigenvalue weighted by Gasteiger charge is 2.45. The summed E-state index contributed by atoms with van der Waals surface area (Å²) in [5.74, 6) is -11.3. The van der Waals surface area contributed by atoms with Crippen molar-refractivity contribution in [3.05, 3.63) is 97.6 Å². The van der Waals surface area contributed by atoms with E-state index in [0.29, 0.717) is 33.4 Å². The minimum absolute atomic E-state index is 0.00858. The first-order valence-corrected chi connectivity index (χ1v) is 12.3. The standard InChI is InChI=1S/C28H18F5N3O5/c1-2-28(39)17-7-18-25-14(9-36(18)26(37)15(17)10-40-27(28)38)6-12-4-3-5-13(24(12)35-25)8-34-41-11-16-19(29)21(31)23(33)22(32)20(16)30/h3-8,39H,2,9-11H2,1H3/b34-8+/t28-/m0/s1. The Morgan fingerprint density at radius 1 is 1.10 bits per heavy atom. The van der Waals surface area contributed by atoms with Crippen molar-refractivity contribution in [2.24, 2.45) is 5.16 Å². The van der Waals surface area contributed by atoms with Gasteiger partial charge in [0.15, 0.2) is 28.9 Å². The average molecular weight is 571 g/mol. The molecule has 41 heavy (non-hydrogen) atoms. The van der Waals surface area contributed by atoms with E-state index in [4.69, 9.17) is 14.6 Å². The number of fused-ring (bicyclic) bond motifs is 5. The van der Waals surface area contributed by atoms with Gasteiger partial charge in [0.25, 0.3) is 5.56 Å². The Labute approximate surface area is 227 Å². The molecule has 0 unspecified atom stereocenters. The largest absolute Gasteiger partial charge is 0.458 e. The number of carbonyl (C=O) groups excluding carboxylic acids is 1. The molecule has 6 rings (SSSR count). The van der Waals surface area contributed by atoms with Crippen LogP contribution in [0.3, 0.4) is 0 Å². The molecular formula is C28H18F5N3O5. The fraction of sp³-hybridized carbons (Fsp3) is 0.214. The lowest BCUT2D eigenvalue weighted by Crippen LogP contribution is -2.44. The van der Waals surface area contributed by atoms with Gasteiger partial charge in [-0.2, -0.15) is 0 Å². The summed E-state index contributed by atoms with van der Waals surface area (Å²) in [6.45, 7) is 0.509. The van der Waals surface area contributed by atoms with Crippen LogP contribution >= 0.6 is 0 Å². The van der Waals surface area contributed by atoms with Gasteiger partial charge in [0.1, 0.15) is 13.2 Å². The van der Waals surface area contributed by atoms with Crippen molar-refractivity contribution in [3.63, 3.8) is 0 Å². The van der Waals surface area contributed by atoms with Crippen molar-refractivity contribution in [1.29, 1.82) is 0 Å². The van der Waals surface area contributed by atoms with Crippen molar-refractivity contribution in [3.8, 4) is 11.4 Å². The lowest BCUT2D eigenvalue weighted by molar-refractivity contribution is -0.172. The fourth-order valence-electron chi connectivity index (χ4n) is 5.11. The number of aliphatic hydroxyl groups is 1. The van der Waals surface area contributed by atoms with Crippen LogP contribution in [-0.2, 0) is 39.7 Å². The quantitative estimate of drug-likeness (QED) is 0.0842. The highest BCUT2D eigenvalue weighted by Crippen LogP contribution is 2.38. The fourth-order valence-corrected chi connectivity index (χ4v) is 5.11. The third-order valence-corrected chi connectivity index (χ3v) is 7.35. The minimum atomic E-state index is -2.27. The summed E-state index contributed by atoms with van der Waals surface area (Å²) >= 11 is 0. The number of aromatic nitrogens is 2. The first kappa shape index (κ1) is 26.6. The average Bonchev–Trinajstić information content (AvgIpc) is 3.33. The van der Waals surface area contributed by atoms with E-state index in [1.54, 1.807) is 31.2 Å². The Bertz CT molecular complexity index is 1860. The molecule has 13 heteroatoms. The Hall–Kier alpha value is -4.65. The van der Waals surface area contributed by atoms with Crippen LogP contribution in [0.15, 0.2) is 40.3 Å². The normalized spacial score (nSPS) is 17.5.